The van der Waals surface area contributed by atoms with Crippen molar-refractivity contribution in [2.24, 2.45) is 5.92 Å². The van der Waals surface area contributed by atoms with Crippen molar-refractivity contribution < 1.29 is 31.5 Å². The van der Waals surface area contributed by atoms with Crippen LogP contribution in [0.25, 0.3) is 0 Å². The average molecular weight is 294 g/mol. The maximum absolute atomic E-state index is 13.3. The molecule has 0 aliphatic carbocycles. The van der Waals surface area contributed by atoms with E-state index in [0.717, 1.165) is 0 Å². The highest BCUT2D eigenvalue weighted by molar-refractivity contribution is 5.97. The maximum atomic E-state index is 13.3. The Labute approximate surface area is 109 Å². The lowest BCUT2D eigenvalue weighted by Gasteiger charge is -2.12. The Kier molecular flexibility index (Phi) is 3.60. The molecular weight excluding hydrogens is 287 g/mol. The van der Waals surface area contributed by atoms with Crippen molar-refractivity contribution in [2.45, 2.75) is 6.42 Å². The van der Waals surface area contributed by atoms with Crippen molar-refractivity contribution in [1.82, 2.24) is 5.32 Å². The molecule has 4 nitrogen and oxygen atoms in total. The van der Waals surface area contributed by atoms with E-state index < -0.39 is 52.5 Å². The van der Waals surface area contributed by atoms with E-state index in [-0.39, 0.29) is 13.0 Å². The molecule has 1 heterocycles. The van der Waals surface area contributed by atoms with E-state index in [1.165, 1.54) is 0 Å². The van der Waals surface area contributed by atoms with Gasteiger partial charge in [-0.25, -0.2) is 22.0 Å². The fourth-order valence-corrected chi connectivity index (χ4v) is 1.73. The third-order valence-electron chi connectivity index (χ3n) is 2.81. The van der Waals surface area contributed by atoms with E-state index in [1.807, 2.05) is 0 Å². The summed E-state index contributed by atoms with van der Waals surface area (Å²) in [5, 5.41) is 3.92. The largest absolute Gasteiger partial charge is 0.355 e. The molecule has 1 aromatic rings. The summed E-state index contributed by atoms with van der Waals surface area (Å²) in [7, 11) is 0. The van der Waals surface area contributed by atoms with Gasteiger partial charge in [-0.2, -0.15) is 0 Å². The van der Waals surface area contributed by atoms with Crippen LogP contribution < -0.4 is 10.6 Å². The van der Waals surface area contributed by atoms with Crippen LogP contribution in [0, 0.1) is 35.0 Å². The Morgan fingerprint density at radius 3 is 1.95 bits per heavy atom. The molecule has 1 saturated heterocycles. The molecule has 1 atom stereocenters. The Morgan fingerprint density at radius 1 is 1.00 bits per heavy atom. The summed E-state index contributed by atoms with van der Waals surface area (Å²) in [4.78, 5) is 22.5. The van der Waals surface area contributed by atoms with E-state index in [4.69, 9.17) is 0 Å². The molecule has 1 aliphatic rings. The first kappa shape index (κ1) is 14.2. The second-order valence-electron chi connectivity index (χ2n) is 4.14. The summed E-state index contributed by atoms with van der Waals surface area (Å²) in [5.74, 6) is -13.3. The molecule has 2 rings (SSSR count). The highest BCUT2D eigenvalue weighted by Gasteiger charge is 2.31. The minimum absolute atomic E-state index is 0.0694. The second kappa shape index (κ2) is 5.06. The molecule has 20 heavy (non-hydrogen) atoms. The summed E-state index contributed by atoms with van der Waals surface area (Å²) in [5.41, 5.74) is -1.43. The van der Waals surface area contributed by atoms with Crippen LogP contribution in [0.3, 0.4) is 0 Å². The van der Waals surface area contributed by atoms with E-state index in [0.29, 0.717) is 0 Å². The van der Waals surface area contributed by atoms with Crippen molar-refractivity contribution in [3.8, 4) is 0 Å². The van der Waals surface area contributed by atoms with Crippen LogP contribution in [0.15, 0.2) is 0 Å². The number of carbonyl (C=O) groups is 2. The zero-order valence-electron chi connectivity index (χ0n) is 9.70. The minimum atomic E-state index is -2.31. The summed E-state index contributed by atoms with van der Waals surface area (Å²) >= 11 is 0. The Balaban J connectivity index is 2.30. The van der Waals surface area contributed by atoms with Crippen molar-refractivity contribution >= 4 is 17.5 Å². The molecular formula is C11H7F5N2O2. The van der Waals surface area contributed by atoms with Crippen LogP contribution in [0.2, 0.25) is 0 Å². The van der Waals surface area contributed by atoms with Crippen LogP contribution >= 0.6 is 0 Å². The predicted molar refractivity (Wildman–Crippen MR) is 56.0 cm³/mol. The third-order valence-corrected chi connectivity index (χ3v) is 2.81. The first-order valence-corrected chi connectivity index (χ1v) is 5.42. The molecule has 1 aromatic carbocycles. The van der Waals surface area contributed by atoms with Crippen LogP contribution in [0.1, 0.15) is 6.42 Å². The van der Waals surface area contributed by atoms with Crippen molar-refractivity contribution in [3.05, 3.63) is 29.1 Å². The number of halogens is 5. The van der Waals surface area contributed by atoms with Gasteiger partial charge in [-0.3, -0.25) is 9.59 Å². The van der Waals surface area contributed by atoms with Crippen molar-refractivity contribution in [2.75, 3.05) is 11.9 Å². The van der Waals surface area contributed by atoms with E-state index in [2.05, 4.69) is 5.32 Å². The lowest BCUT2D eigenvalue weighted by molar-refractivity contribution is -0.123. The molecule has 9 heteroatoms. The molecule has 1 aliphatic heterocycles. The summed E-state index contributed by atoms with van der Waals surface area (Å²) in [6.07, 6.45) is -0.221. The van der Waals surface area contributed by atoms with Crippen LogP contribution in [0.5, 0.6) is 0 Å². The topological polar surface area (TPSA) is 58.2 Å². The number of hydrogen-bond acceptors (Lipinski definition) is 2. The van der Waals surface area contributed by atoms with E-state index in [1.54, 1.807) is 5.32 Å². The first-order valence-electron chi connectivity index (χ1n) is 5.42. The minimum Gasteiger partial charge on any atom is -0.355 e. The fourth-order valence-electron chi connectivity index (χ4n) is 1.73. The molecule has 0 bridgehead atoms. The highest BCUT2D eigenvalue weighted by Crippen LogP contribution is 2.27. The highest BCUT2D eigenvalue weighted by atomic mass is 19.2. The SMILES string of the molecule is O=C1CC(C(=O)Nc2c(F)c(F)c(F)c(F)c2F)CN1. The molecule has 1 fully saturated rings. The van der Waals surface area contributed by atoms with Gasteiger partial charge in [0, 0.05) is 13.0 Å². The molecule has 0 aromatic heterocycles. The number of hydrogen-bond donors (Lipinski definition) is 2. The quantitative estimate of drug-likeness (QED) is 0.493. The van der Waals surface area contributed by atoms with Crippen molar-refractivity contribution in [1.29, 1.82) is 0 Å². The lowest BCUT2D eigenvalue weighted by Crippen LogP contribution is -2.26. The number of rotatable bonds is 2. The molecule has 2 N–H and O–H groups in total. The molecule has 108 valence electrons. The second-order valence-corrected chi connectivity index (χ2v) is 4.14. The van der Waals surface area contributed by atoms with Crippen molar-refractivity contribution in [3.63, 3.8) is 0 Å². The van der Waals surface area contributed by atoms with Crippen LogP contribution in [-0.2, 0) is 9.59 Å². The molecule has 0 spiro atoms. The number of amides is 2. The van der Waals surface area contributed by atoms with Gasteiger partial charge >= 0.3 is 0 Å². The van der Waals surface area contributed by atoms with Gasteiger partial charge in [0.2, 0.25) is 17.6 Å². The molecule has 0 radical (unpaired) electrons. The van der Waals surface area contributed by atoms with Gasteiger partial charge < -0.3 is 10.6 Å². The smallest absolute Gasteiger partial charge is 0.229 e. The third kappa shape index (κ3) is 2.30. The number of carbonyl (C=O) groups excluding carboxylic acids is 2. The van der Waals surface area contributed by atoms with Gasteiger partial charge in [-0.1, -0.05) is 0 Å². The molecule has 0 saturated carbocycles. The van der Waals surface area contributed by atoms with E-state index >= 15 is 0 Å². The number of benzene rings is 1. The van der Waals surface area contributed by atoms with Gasteiger partial charge in [-0.05, 0) is 0 Å². The number of nitrogens with one attached hydrogen (secondary N) is 2. The Bertz CT molecular complexity index is 576. The summed E-state index contributed by atoms with van der Waals surface area (Å²) in [6.45, 7) is -0.0694. The fraction of sp³-hybridized carbons (Fsp3) is 0.273. The maximum Gasteiger partial charge on any atom is 0.229 e. The number of anilines is 1. The van der Waals surface area contributed by atoms with Gasteiger partial charge in [0.1, 0.15) is 5.69 Å². The lowest BCUT2D eigenvalue weighted by atomic mass is 10.1. The summed E-state index contributed by atoms with van der Waals surface area (Å²) < 4.78 is 65.2. The standard InChI is InChI=1S/C11H7F5N2O2/c12-5-6(13)8(15)10(9(16)7(5)14)18-11(20)3-1-4(19)17-2-3/h3H,1-2H2,(H,17,19)(H,18,20). The Hall–Kier alpha value is -2.19. The first-order chi connectivity index (χ1) is 9.32. The molecule has 2 amide bonds. The van der Waals surface area contributed by atoms with Crippen LogP contribution in [0.4, 0.5) is 27.6 Å². The normalized spacial score (nSPS) is 18.1. The van der Waals surface area contributed by atoms with Crippen LogP contribution in [-0.4, -0.2) is 18.4 Å². The van der Waals surface area contributed by atoms with Gasteiger partial charge in [-0.15, -0.1) is 0 Å². The van der Waals surface area contributed by atoms with Gasteiger partial charge in [0.15, 0.2) is 23.3 Å². The van der Waals surface area contributed by atoms with Gasteiger partial charge in [0.05, 0.1) is 5.92 Å². The molecule has 1 unspecified atom stereocenters. The van der Waals surface area contributed by atoms with Gasteiger partial charge in [0.25, 0.3) is 0 Å². The van der Waals surface area contributed by atoms with E-state index in [9.17, 15) is 31.5 Å². The zero-order valence-corrected chi connectivity index (χ0v) is 9.70. The Morgan fingerprint density at radius 2 is 1.50 bits per heavy atom. The predicted octanol–water partition coefficient (Wildman–Crippen LogP) is 1.46. The average Bonchev–Trinajstić information content (AvgIpc) is 2.85. The zero-order chi connectivity index (χ0) is 15.0. The monoisotopic (exact) mass is 294 g/mol. The summed E-state index contributed by atoms with van der Waals surface area (Å²) in [6, 6.07) is 0.